The van der Waals surface area contributed by atoms with Gasteiger partial charge >= 0.3 is 5.97 Å². The van der Waals surface area contributed by atoms with Gasteiger partial charge < -0.3 is 10.4 Å². The third-order valence-corrected chi connectivity index (χ3v) is 4.64. The summed E-state index contributed by atoms with van der Waals surface area (Å²) in [4.78, 5) is 25.0. The van der Waals surface area contributed by atoms with Crippen LogP contribution >= 0.6 is 0 Å². The quantitative estimate of drug-likeness (QED) is 0.652. The molecular weight excluding hydrogens is 364 g/mol. The molecule has 5 heteroatoms. The second kappa shape index (κ2) is 9.34. The molecule has 0 unspecified atom stereocenters. The lowest BCUT2D eigenvalue weighted by Gasteiger charge is -2.21. The van der Waals surface area contributed by atoms with Gasteiger partial charge in [-0.2, -0.15) is 5.26 Å². The molecule has 0 heterocycles. The van der Waals surface area contributed by atoms with Crippen molar-refractivity contribution >= 4 is 11.9 Å². The van der Waals surface area contributed by atoms with Crippen molar-refractivity contribution in [1.82, 2.24) is 5.32 Å². The number of carbonyl (C=O) groups excluding carboxylic acids is 1. The van der Waals surface area contributed by atoms with E-state index in [2.05, 4.69) is 5.32 Å². The van der Waals surface area contributed by atoms with Crippen molar-refractivity contribution in [3.8, 4) is 6.07 Å². The van der Waals surface area contributed by atoms with Crippen LogP contribution in [0.15, 0.2) is 84.9 Å². The maximum absolute atomic E-state index is 13.1. The molecule has 29 heavy (non-hydrogen) atoms. The third-order valence-electron chi connectivity index (χ3n) is 4.64. The Morgan fingerprint density at radius 3 is 2.00 bits per heavy atom. The molecule has 2 N–H and O–H groups in total. The number of aliphatic carboxylic acids is 1. The summed E-state index contributed by atoms with van der Waals surface area (Å²) in [5, 5.41) is 21.4. The van der Waals surface area contributed by atoms with Gasteiger partial charge in [0.25, 0.3) is 0 Å². The Balaban J connectivity index is 1.86. The topological polar surface area (TPSA) is 90.2 Å². The Labute approximate surface area is 169 Å². The Bertz CT molecular complexity index is 987. The summed E-state index contributed by atoms with van der Waals surface area (Å²) < 4.78 is 0. The number of carbonyl (C=O) groups is 2. The van der Waals surface area contributed by atoms with Gasteiger partial charge in [0.2, 0.25) is 5.91 Å². The van der Waals surface area contributed by atoms with Crippen LogP contribution in [-0.2, 0) is 16.0 Å². The van der Waals surface area contributed by atoms with Gasteiger partial charge in [0.15, 0.2) is 0 Å². The maximum Gasteiger partial charge on any atom is 0.326 e. The van der Waals surface area contributed by atoms with Crippen molar-refractivity contribution in [3.05, 3.63) is 107 Å². The number of benzene rings is 3. The van der Waals surface area contributed by atoms with Crippen LogP contribution in [0.5, 0.6) is 0 Å². The van der Waals surface area contributed by atoms with Crippen LogP contribution in [0.2, 0.25) is 0 Å². The number of hydrogen-bond acceptors (Lipinski definition) is 3. The first-order chi connectivity index (χ1) is 14.1. The van der Waals surface area contributed by atoms with Crippen molar-refractivity contribution in [2.24, 2.45) is 0 Å². The van der Waals surface area contributed by atoms with Crippen LogP contribution in [-0.4, -0.2) is 23.0 Å². The molecule has 0 aliphatic rings. The summed E-state index contributed by atoms with van der Waals surface area (Å²) in [6.07, 6.45) is 0.0902. The van der Waals surface area contributed by atoms with E-state index in [9.17, 15) is 14.7 Å². The summed E-state index contributed by atoms with van der Waals surface area (Å²) >= 11 is 0. The second-order valence-corrected chi connectivity index (χ2v) is 6.67. The number of nitriles is 1. The molecule has 0 fully saturated rings. The van der Waals surface area contributed by atoms with Crippen molar-refractivity contribution in [3.63, 3.8) is 0 Å². The van der Waals surface area contributed by atoms with Crippen molar-refractivity contribution < 1.29 is 14.7 Å². The smallest absolute Gasteiger partial charge is 0.326 e. The summed E-state index contributed by atoms with van der Waals surface area (Å²) in [6, 6.07) is 26.2. The molecule has 0 spiro atoms. The molecular formula is C24H20N2O3. The molecule has 0 saturated carbocycles. The highest BCUT2D eigenvalue weighted by molar-refractivity contribution is 5.90. The predicted molar refractivity (Wildman–Crippen MR) is 109 cm³/mol. The average Bonchev–Trinajstić information content (AvgIpc) is 2.75. The minimum atomic E-state index is -1.12. The Kier molecular flexibility index (Phi) is 6.39. The first kappa shape index (κ1) is 19.8. The van der Waals surface area contributed by atoms with E-state index in [0.717, 1.165) is 11.1 Å². The van der Waals surface area contributed by atoms with E-state index in [4.69, 9.17) is 5.26 Å². The van der Waals surface area contributed by atoms with E-state index >= 15 is 0 Å². The second-order valence-electron chi connectivity index (χ2n) is 6.67. The molecule has 3 aromatic rings. The van der Waals surface area contributed by atoms with Crippen LogP contribution in [0.3, 0.4) is 0 Å². The van der Waals surface area contributed by atoms with Crippen LogP contribution in [0.4, 0.5) is 0 Å². The zero-order valence-electron chi connectivity index (χ0n) is 15.7. The van der Waals surface area contributed by atoms with E-state index in [0.29, 0.717) is 11.1 Å². The lowest BCUT2D eigenvalue weighted by atomic mass is 9.90. The summed E-state index contributed by atoms with van der Waals surface area (Å²) in [7, 11) is 0. The molecule has 1 atom stereocenters. The van der Waals surface area contributed by atoms with Gasteiger partial charge in [-0.15, -0.1) is 0 Å². The fraction of sp³-hybridized carbons (Fsp3) is 0.125. The Morgan fingerprint density at radius 1 is 0.897 bits per heavy atom. The summed E-state index contributed by atoms with van der Waals surface area (Å²) in [6.45, 7) is 0. The van der Waals surface area contributed by atoms with Gasteiger partial charge in [-0.25, -0.2) is 4.79 Å². The fourth-order valence-electron chi connectivity index (χ4n) is 3.24. The normalized spacial score (nSPS) is 11.4. The standard InChI is InChI=1S/C24H20N2O3/c25-16-18-9-7-8-17(14-18)15-21(24(28)29)26-23(27)22(19-10-3-1-4-11-19)20-12-5-2-6-13-20/h1-14,21-22H,15H2,(H,26,27)(H,28,29)/t21-/m0/s1. The van der Waals surface area contributed by atoms with Crippen LogP contribution in [0.25, 0.3) is 0 Å². The molecule has 0 radical (unpaired) electrons. The number of hydrogen-bond donors (Lipinski definition) is 2. The molecule has 1 amide bonds. The Morgan fingerprint density at radius 2 is 1.48 bits per heavy atom. The highest BCUT2D eigenvalue weighted by Gasteiger charge is 2.27. The van der Waals surface area contributed by atoms with Gasteiger partial charge in [0.1, 0.15) is 6.04 Å². The minimum absolute atomic E-state index is 0.0902. The van der Waals surface area contributed by atoms with Gasteiger partial charge in [-0.1, -0.05) is 72.8 Å². The average molecular weight is 384 g/mol. The SMILES string of the molecule is N#Cc1cccc(C[C@H](NC(=O)C(c2ccccc2)c2ccccc2)C(=O)O)c1. The fourth-order valence-corrected chi connectivity index (χ4v) is 3.24. The van der Waals surface area contributed by atoms with E-state index < -0.39 is 17.9 Å². The molecule has 0 bridgehead atoms. The maximum atomic E-state index is 13.1. The molecule has 0 saturated heterocycles. The number of nitrogens with zero attached hydrogens (tertiary/aromatic N) is 1. The first-order valence-electron chi connectivity index (χ1n) is 9.20. The molecule has 3 aromatic carbocycles. The number of carboxylic acids is 1. The first-order valence-corrected chi connectivity index (χ1v) is 9.20. The van der Waals surface area contributed by atoms with Gasteiger partial charge in [0, 0.05) is 6.42 Å². The van der Waals surface area contributed by atoms with E-state index in [1.807, 2.05) is 66.7 Å². The summed E-state index contributed by atoms with van der Waals surface area (Å²) in [5.41, 5.74) is 2.69. The van der Waals surface area contributed by atoms with Gasteiger partial charge in [-0.05, 0) is 28.8 Å². The zero-order valence-corrected chi connectivity index (χ0v) is 15.7. The van der Waals surface area contributed by atoms with Gasteiger partial charge in [-0.3, -0.25) is 4.79 Å². The highest BCUT2D eigenvalue weighted by Crippen LogP contribution is 2.25. The van der Waals surface area contributed by atoms with Gasteiger partial charge in [0.05, 0.1) is 17.6 Å². The lowest BCUT2D eigenvalue weighted by molar-refractivity contribution is -0.141. The number of nitrogens with one attached hydrogen (secondary N) is 1. The molecule has 3 rings (SSSR count). The predicted octanol–water partition coefficient (Wildman–Crippen LogP) is 3.50. The molecule has 144 valence electrons. The molecule has 0 aromatic heterocycles. The largest absolute Gasteiger partial charge is 0.480 e. The van der Waals surface area contributed by atoms with Crippen LogP contribution in [0.1, 0.15) is 28.2 Å². The highest BCUT2D eigenvalue weighted by atomic mass is 16.4. The number of amides is 1. The summed E-state index contributed by atoms with van der Waals surface area (Å²) in [5.74, 6) is -2.13. The minimum Gasteiger partial charge on any atom is -0.480 e. The number of carboxylic acid groups (broad SMARTS) is 1. The lowest BCUT2D eigenvalue weighted by Crippen LogP contribution is -2.44. The van der Waals surface area contributed by atoms with Crippen molar-refractivity contribution in [1.29, 1.82) is 5.26 Å². The monoisotopic (exact) mass is 384 g/mol. The van der Waals surface area contributed by atoms with Crippen LogP contribution < -0.4 is 5.32 Å². The third kappa shape index (κ3) is 5.08. The van der Waals surface area contributed by atoms with E-state index in [-0.39, 0.29) is 12.3 Å². The number of rotatable bonds is 7. The molecule has 0 aliphatic heterocycles. The molecule has 0 aliphatic carbocycles. The Hall–Kier alpha value is -3.91. The van der Waals surface area contributed by atoms with Crippen molar-refractivity contribution in [2.45, 2.75) is 18.4 Å². The molecule has 5 nitrogen and oxygen atoms in total. The zero-order chi connectivity index (χ0) is 20.6. The van der Waals surface area contributed by atoms with E-state index in [1.165, 1.54) is 0 Å². The van der Waals surface area contributed by atoms with Crippen molar-refractivity contribution in [2.75, 3.05) is 0 Å². The van der Waals surface area contributed by atoms with Crippen LogP contribution in [0, 0.1) is 11.3 Å². The van der Waals surface area contributed by atoms with E-state index in [1.54, 1.807) is 24.3 Å².